The number of ether oxygens (including phenoxy) is 6. The van der Waals surface area contributed by atoms with Crippen molar-refractivity contribution in [3.8, 4) is 0 Å². The first kappa shape index (κ1) is 43.2. The highest BCUT2D eigenvalue weighted by Gasteiger charge is 2.53. The third-order valence-corrected chi connectivity index (χ3v) is 9.28. The molecule has 13 heteroatoms. The molecule has 1 saturated heterocycles. The summed E-state index contributed by atoms with van der Waals surface area (Å²) in [4.78, 5) is 66.1. The molecule has 306 valence electrons. The van der Waals surface area contributed by atoms with Crippen molar-refractivity contribution in [2.24, 2.45) is 5.73 Å². The van der Waals surface area contributed by atoms with Gasteiger partial charge in [0.2, 0.25) is 5.91 Å². The van der Waals surface area contributed by atoms with Gasteiger partial charge >= 0.3 is 23.9 Å². The van der Waals surface area contributed by atoms with E-state index in [1.807, 2.05) is 0 Å². The van der Waals surface area contributed by atoms with E-state index in [-0.39, 0.29) is 34.8 Å². The minimum absolute atomic E-state index is 0.00758. The van der Waals surface area contributed by atoms with E-state index < -0.39 is 61.2 Å². The first-order valence-corrected chi connectivity index (χ1v) is 19.6. The second-order valence-corrected chi connectivity index (χ2v) is 13.6. The van der Waals surface area contributed by atoms with Crippen LogP contribution in [0.2, 0.25) is 0 Å². The molecule has 5 rings (SSSR count). The lowest BCUT2D eigenvalue weighted by molar-refractivity contribution is -0.298. The monoisotopic (exact) mass is 794 g/mol. The number of carbonyl (C=O) groups is 5. The van der Waals surface area contributed by atoms with Gasteiger partial charge in [-0.25, -0.2) is 19.2 Å². The Morgan fingerprint density at radius 3 is 1.47 bits per heavy atom. The van der Waals surface area contributed by atoms with Crippen molar-refractivity contribution in [3.63, 3.8) is 0 Å². The summed E-state index contributed by atoms with van der Waals surface area (Å²) < 4.78 is 36.6. The Morgan fingerprint density at radius 2 is 0.966 bits per heavy atom. The maximum Gasteiger partial charge on any atom is 0.338 e. The van der Waals surface area contributed by atoms with Crippen LogP contribution in [0.5, 0.6) is 0 Å². The zero-order valence-corrected chi connectivity index (χ0v) is 32.3. The van der Waals surface area contributed by atoms with E-state index in [2.05, 4.69) is 5.32 Å². The fraction of sp³-hybridized carbons (Fsp3) is 0.356. The van der Waals surface area contributed by atoms with Gasteiger partial charge in [-0.2, -0.15) is 0 Å². The fourth-order valence-corrected chi connectivity index (χ4v) is 6.26. The standard InChI is InChI=1S/C45H50N2O11/c46-28-29-47-37(48)27-17-3-1-2-4-18-30-53-45-40(58-44(52)35-25-15-8-16-26-35)39(57-43(51)34-23-13-7-14-24-34)38(56-42(50)33-21-11-6-12-22-33)36(55-45)31-54-41(49)32-19-9-5-10-20-32/h5-16,19-26,36,38-40,45H,1-4,17-18,27-31,46H2,(H,47,48)/t36-,38-,39+,40+,45+/m1/s1. The quantitative estimate of drug-likeness (QED) is 0.0566. The third kappa shape index (κ3) is 13.4. The molecule has 5 atom stereocenters. The molecule has 4 aromatic carbocycles. The topological polar surface area (TPSA) is 179 Å². The van der Waals surface area contributed by atoms with Gasteiger partial charge in [-0.05, 0) is 61.4 Å². The molecule has 4 aromatic rings. The average Bonchev–Trinajstić information content (AvgIpc) is 3.27. The molecule has 58 heavy (non-hydrogen) atoms. The SMILES string of the molecule is NCCNC(=O)CCCCCCCCO[C@H]1O[C@H](COC(=O)c2ccccc2)[C@@H](OC(=O)c2ccccc2)[C@H](OC(=O)c2ccccc2)[C@@H]1OC(=O)c1ccccc1. The number of amides is 1. The lowest BCUT2D eigenvalue weighted by Crippen LogP contribution is -2.63. The van der Waals surface area contributed by atoms with Gasteiger partial charge in [0.1, 0.15) is 12.7 Å². The molecule has 3 N–H and O–H groups in total. The molecule has 1 heterocycles. The second-order valence-electron chi connectivity index (χ2n) is 13.6. The highest BCUT2D eigenvalue weighted by molar-refractivity contribution is 5.91. The van der Waals surface area contributed by atoms with Crippen LogP contribution in [0.4, 0.5) is 0 Å². The number of carbonyl (C=O) groups excluding carboxylic acids is 5. The van der Waals surface area contributed by atoms with E-state index in [0.717, 1.165) is 32.1 Å². The molecule has 1 aliphatic heterocycles. The third-order valence-electron chi connectivity index (χ3n) is 9.28. The Bertz CT molecular complexity index is 1880. The summed E-state index contributed by atoms with van der Waals surface area (Å²) in [6.07, 6.45) is -1.66. The number of unbranched alkanes of at least 4 members (excludes halogenated alkanes) is 5. The molecule has 1 amide bonds. The number of hydrogen-bond donors (Lipinski definition) is 2. The van der Waals surface area contributed by atoms with Gasteiger partial charge in [0, 0.05) is 26.1 Å². The Hall–Kier alpha value is -5.89. The van der Waals surface area contributed by atoms with Crippen molar-refractivity contribution >= 4 is 29.8 Å². The van der Waals surface area contributed by atoms with Gasteiger partial charge in [0.15, 0.2) is 24.6 Å². The Morgan fingerprint density at radius 1 is 0.534 bits per heavy atom. The molecule has 0 aliphatic carbocycles. The summed E-state index contributed by atoms with van der Waals surface area (Å²) in [7, 11) is 0. The smallest absolute Gasteiger partial charge is 0.338 e. The molecule has 0 saturated carbocycles. The molecule has 13 nitrogen and oxygen atoms in total. The molecular weight excluding hydrogens is 744 g/mol. The van der Waals surface area contributed by atoms with Crippen LogP contribution in [0, 0.1) is 0 Å². The Balaban J connectivity index is 1.39. The van der Waals surface area contributed by atoms with Crippen molar-refractivity contribution in [1.29, 1.82) is 0 Å². The molecule has 0 bridgehead atoms. The second kappa shape index (κ2) is 23.4. The van der Waals surface area contributed by atoms with Crippen LogP contribution in [0.25, 0.3) is 0 Å². The molecule has 1 fully saturated rings. The number of esters is 4. The van der Waals surface area contributed by atoms with Crippen LogP contribution in [-0.4, -0.2) is 86.8 Å². The number of benzene rings is 4. The lowest BCUT2D eigenvalue weighted by Gasteiger charge is -2.44. The minimum Gasteiger partial charge on any atom is -0.459 e. The molecule has 1 aliphatic rings. The molecule has 0 unspecified atom stereocenters. The maximum absolute atomic E-state index is 13.8. The van der Waals surface area contributed by atoms with E-state index in [9.17, 15) is 24.0 Å². The van der Waals surface area contributed by atoms with Crippen molar-refractivity contribution in [2.45, 2.75) is 75.7 Å². The summed E-state index contributed by atoms with van der Waals surface area (Å²) >= 11 is 0. The fourth-order valence-electron chi connectivity index (χ4n) is 6.26. The van der Waals surface area contributed by atoms with Crippen LogP contribution >= 0.6 is 0 Å². The summed E-state index contributed by atoms with van der Waals surface area (Å²) in [6.45, 7) is 0.588. The van der Waals surface area contributed by atoms with Gasteiger partial charge in [-0.1, -0.05) is 98.5 Å². The maximum atomic E-state index is 13.8. The summed E-state index contributed by atoms with van der Waals surface area (Å²) in [6, 6.07) is 32.9. The largest absolute Gasteiger partial charge is 0.459 e. The van der Waals surface area contributed by atoms with Crippen LogP contribution < -0.4 is 11.1 Å². The van der Waals surface area contributed by atoms with Gasteiger partial charge < -0.3 is 39.5 Å². The van der Waals surface area contributed by atoms with Gasteiger partial charge in [0.25, 0.3) is 0 Å². The van der Waals surface area contributed by atoms with Crippen molar-refractivity contribution in [1.82, 2.24) is 5.32 Å². The number of nitrogens with two attached hydrogens (primary N) is 1. The summed E-state index contributed by atoms with van der Waals surface area (Å²) in [5, 5.41) is 2.77. The predicted octanol–water partition coefficient (Wildman–Crippen LogP) is 6.07. The number of hydrogen-bond acceptors (Lipinski definition) is 12. The first-order chi connectivity index (χ1) is 28.3. The normalized spacial score (nSPS) is 18.7. The minimum atomic E-state index is -1.49. The van der Waals surface area contributed by atoms with Crippen molar-refractivity contribution in [3.05, 3.63) is 144 Å². The van der Waals surface area contributed by atoms with Gasteiger partial charge in [0.05, 0.1) is 22.3 Å². The summed E-state index contributed by atoms with van der Waals surface area (Å²) in [5.74, 6) is -3.00. The summed E-state index contributed by atoms with van der Waals surface area (Å²) in [5.41, 5.74) is 6.32. The predicted molar refractivity (Wildman–Crippen MR) is 213 cm³/mol. The van der Waals surface area contributed by atoms with Crippen LogP contribution in [0.15, 0.2) is 121 Å². The molecule has 0 spiro atoms. The Labute approximate surface area is 338 Å². The van der Waals surface area contributed by atoms with E-state index in [4.69, 9.17) is 34.2 Å². The molecule has 0 radical (unpaired) electrons. The van der Waals surface area contributed by atoms with Gasteiger partial charge in [-0.3, -0.25) is 4.79 Å². The van der Waals surface area contributed by atoms with Crippen molar-refractivity contribution in [2.75, 3.05) is 26.3 Å². The van der Waals surface area contributed by atoms with E-state index in [1.54, 1.807) is 121 Å². The average molecular weight is 795 g/mol. The molecule has 0 aromatic heterocycles. The van der Waals surface area contributed by atoms with Crippen LogP contribution in [-0.2, 0) is 33.2 Å². The molecular formula is C45H50N2O11. The van der Waals surface area contributed by atoms with Gasteiger partial charge in [-0.15, -0.1) is 0 Å². The highest BCUT2D eigenvalue weighted by Crippen LogP contribution is 2.32. The Kier molecular flexibility index (Phi) is 17.4. The van der Waals surface area contributed by atoms with E-state index >= 15 is 0 Å². The van der Waals surface area contributed by atoms with E-state index in [1.165, 1.54) is 0 Å². The van der Waals surface area contributed by atoms with Crippen LogP contribution in [0.3, 0.4) is 0 Å². The lowest BCUT2D eigenvalue weighted by atomic mass is 9.97. The zero-order valence-electron chi connectivity index (χ0n) is 32.3. The zero-order chi connectivity index (χ0) is 41.0. The van der Waals surface area contributed by atoms with E-state index in [0.29, 0.717) is 25.9 Å². The van der Waals surface area contributed by atoms with Crippen molar-refractivity contribution < 1.29 is 52.4 Å². The first-order valence-electron chi connectivity index (χ1n) is 19.6. The number of rotatable bonds is 21. The highest BCUT2D eigenvalue weighted by atomic mass is 16.7. The van der Waals surface area contributed by atoms with Crippen LogP contribution in [0.1, 0.15) is 86.4 Å². The number of nitrogens with one attached hydrogen (secondary N) is 1.